The summed E-state index contributed by atoms with van der Waals surface area (Å²) in [7, 11) is 0. The molecule has 0 bridgehead atoms. The Morgan fingerprint density at radius 1 is 1.40 bits per heavy atom. The Bertz CT molecular complexity index is 132. The van der Waals surface area contributed by atoms with Gasteiger partial charge < -0.3 is 10.2 Å². The number of rotatable bonds is 3. The van der Waals surface area contributed by atoms with Gasteiger partial charge in [-0.3, -0.25) is 9.59 Å². The topological polar surface area (TPSA) is 74.6 Å². The van der Waals surface area contributed by atoms with Crippen molar-refractivity contribution in [1.82, 2.24) is 0 Å². The van der Waals surface area contributed by atoms with Gasteiger partial charge in [0.2, 0.25) is 6.29 Å². The zero-order valence-electron chi connectivity index (χ0n) is 5.40. The summed E-state index contributed by atoms with van der Waals surface area (Å²) in [6.07, 6.45) is -2.41. The molecule has 0 fully saturated rings. The smallest absolute Gasteiger partial charge is 0.213 e. The first kappa shape index (κ1) is 12.6. The first-order valence-corrected chi connectivity index (χ1v) is 2.42. The average Bonchev–Trinajstić information content (AvgIpc) is 1.63. The van der Waals surface area contributed by atoms with Gasteiger partial charge in [-0.1, -0.05) is 0 Å². The van der Waals surface area contributed by atoms with Crippen LogP contribution in [-0.4, -0.2) is 28.1 Å². The third-order valence-corrected chi connectivity index (χ3v) is 0.711. The zero-order chi connectivity index (χ0) is 7.44. The van der Waals surface area contributed by atoms with E-state index in [1.165, 1.54) is 6.92 Å². The van der Waals surface area contributed by atoms with Crippen LogP contribution in [0.2, 0.25) is 0 Å². The van der Waals surface area contributed by atoms with Crippen LogP contribution in [0.1, 0.15) is 13.3 Å². The minimum atomic E-state index is -2.01. The van der Waals surface area contributed by atoms with E-state index in [9.17, 15) is 9.59 Å². The van der Waals surface area contributed by atoms with Crippen LogP contribution < -0.4 is 0 Å². The Kier molecular flexibility index (Phi) is 7.20. The first-order valence-electron chi connectivity index (χ1n) is 2.42. The van der Waals surface area contributed by atoms with Gasteiger partial charge in [-0.2, -0.15) is 0 Å². The Hall–Kier alpha value is -0.0517. The maximum absolute atomic E-state index is 10.2. The van der Waals surface area contributed by atoms with Crippen LogP contribution in [0.4, 0.5) is 0 Å². The number of hydrogen-bond acceptors (Lipinski definition) is 4. The second-order valence-corrected chi connectivity index (χ2v) is 1.72. The number of aliphatic hydroxyl groups is 2. The van der Waals surface area contributed by atoms with Crippen LogP contribution in [0.25, 0.3) is 0 Å². The van der Waals surface area contributed by atoms with Crippen molar-refractivity contribution in [2.45, 2.75) is 19.6 Å². The molecule has 0 saturated carbocycles. The molecule has 4 nitrogen and oxygen atoms in total. The van der Waals surface area contributed by atoms with Crippen molar-refractivity contribution in [3.05, 3.63) is 0 Å². The van der Waals surface area contributed by atoms with Crippen LogP contribution in [0.15, 0.2) is 0 Å². The molecule has 0 heterocycles. The number of aliphatic hydroxyl groups excluding tert-OH is 1. The van der Waals surface area contributed by atoms with Crippen molar-refractivity contribution in [3.8, 4) is 0 Å². The van der Waals surface area contributed by atoms with E-state index in [1.807, 2.05) is 0 Å². The quantitative estimate of drug-likeness (QED) is 0.363. The van der Waals surface area contributed by atoms with E-state index in [-0.39, 0.29) is 26.8 Å². The molecule has 0 aliphatic rings. The maximum atomic E-state index is 10.2. The van der Waals surface area contributed by atoms with Crippen LogP contribution in [0, 0.1) is 0 Å². The van der Waals surface area contributed by atoms with Crippen LogP contribution >= 0.6 is 0 Å². The van der Waals surface area contributed by atoms with Crippen LogP contribution in [-0.2, 0) is 30.7 Å². The molecule has 2 N–H and O–H groups in total. The van der Waals surface area contributed by atoms with Crippen LogP contribution in [0.5, 0.6) is 0 Å². The van der Waals surface area contributed by atoms with Gasteiger partial charge in [0.05, 0.1) is 6.42 Å². The third kappa shape index (κ3) is 6.07. The van der Waals surface area contributed by atoms with Gasteiger partial charge in [-0.15, -0.1) is 0 Å². The van der Waals surface area contributed by atoms with E-state index in [1.54, 1.807) is 0 Å². The minimum absolute atomic E-state index is 0. The van der Waals surface area contributed by atoms with Crippen molar-refractivity contribution in [2.24, 2.45) is 0 Å². The number of carbonyl (C=O) groups is 2. The van der Waals surface area contributed by atoms with Gasteiger partial charge in [-0.25, -0.2) is 0 Å². The summed E-state index contributed by atoms with van der Waals surface area (Å²) >= 11 is 0. The maximum Gasteiger partial charge on any atom is 0.213 e. The van der Waals surface area contributed by atoms with Gasteiger partial charge in [0.1, 0.15) is 5.78 Å². The van der Waals surface area contributed by atoms with Crippen LogP contribution in [0.3, 0.4) is 0 Å². The van der Waals surface area contributed by atoms with Crippen molar-refractivity contribution in [2.75, 3.05) is 0 Å². The second kappa shape index (κ2) is 5.71. The summed E-state index contributed by atoms with van der Waals surface area (Å²) in [4.78, 5) is 20.3. The average molecular weight is 228 g/mol. The molecule has 5 heteroatoms. The molecule has 0 aliphatic carbocycles. The minimum Gasteiger partial charge on any atom is -0.362 e. The SMILES string of the molecule is CC(=O)CC(=O)C(O)O.[Mo]. The summed E-state index contributed by atoms with van der Waals surface area (Å²) in [5, 5.41) is 16.2. The number of ketones is 2. The Morgan fingerprint density at radius 2 is 1.80 bits per heavy atom. The second-order valence-electron chi connectivity index (χ2n) is 1.72. The molecule has 0 spiro atoms. The largest absolute Gasteiger partial charge is 0.362 e. The standard InChI is InChI=1S/C5H8O4.Mo/c1-3(6)2-4(7)5(8)9;/h5,8-9H,2H2,1H3;. The predicted octanol–water partition coefficient (Wildman–Crippen LogP) is -1.16. The third-order valence-electron chi connectivity index (χ3n) is 0.711. The predicted molar refractivity (Wildman–Crippen MR) is 28.5 cm³/mol. The molecule has 0 aliphatic heterocycles. The molecule has 0 saturated heterocycles. The summed E-state index contributed by atoms with van der Waals surface area (Å²) in [5.74, 6) is -1.23. The molecule has 0 aromatic carbocycles. The van der Waals surface area contributed by atoms with E-state index >= 15 is 0 Å². The normalized spacial score (nSPS) is 8.80. The van der Waals surface area contributed by atoms with Gasteiger partial charge in [0, 0.05) is 21.1 Å². The molecule has 0 unspecified atom stereocenters. The number of hydrogen-bond donors (Lipinski definition) is 2. The summed E-state index contributed by atoms with van der Waals surface area (Å²) in [5.41, 5.74) is 0. The van der Waals surface area contributed by atoms with Crippen molar-refractivity contribution in [1.29, 1.82) is 0 Å². The Labute approximate surface area is 72.5 Å². The number of Topliss-reactive ketones (excluding diaryl/α,β-unsaturated/α-hetero) is 2. The number of carbonyl (C=O) groups excluding carboxylic acids is 2. The molecule has 0 aromatic rings. The molecule has 0 aromatic heterocycles. The molecular weight excluding hydrogens is 220 g/mol. The van der Waals surface area contributed by atoms with E-state index in [4.69, 9.17) is 10.2 Å². The van der Waals surface area contributed by atoms with Crippen molar-refractivity contribution >= 4 is 11.6 Å². The fraction of sp³-hybridized carbons (Fsp3) is 0.600. The van der Waals surface area contributed by atoms with Crippen molar-refractivity contribution in [3.63, 3.8) is 0 Å². The van der Waals surface area contributed by atoms with Gasteiger partial charge >= 0.3 is 0 Å². The summed E-state index contributed by atoms with van der Waals surface area (Å²) < 4.78 is 0. The molecule has 10 heavy (non-hydrogen) atoms. The Balaban J connectivity index is 0. The van der Waals surface area contributed by atoms with E-state index in [0.717, 1.165) is 0 Å². The molecule has 0 radical (unpaired) electrons. The van der Waals surface area contributed by atoms with Gasteiger partial charge in [0.25, 0.3) is 0 Å². The zero-order valence-corrected chi connectivity index (χ0v) is 7.41. The fourth-order valence-electron chi connectivity index (χ4n) is 0.337. The Morgan fingerprint density at radius 3 is 1.90 bits per heavy atom. The van der Waals surface area contributed by atoms with E-state index in [0.29, 0.717) is 0 Å². The fourth-order valence-corrected chi connectivity index (χ4v) is 0.337. The molecular formula is C5H8MoO4. The van der Waals surface area contributed by atoms with Gasteiger partial charge in [0.15, 0.2) is 5.78 Å². The first-order chi connectivity index (χ1) is 4.04. The van der Waals surface area contributed by atoms with Gasteiger partial charge in [-0.05, 0) is 6.92 Å². The molecule has 0 amide bonds. The molecule has 58 valence electrons. The summed E-state index contributed by atoms with van der Waals surface area (Å²) in [6.45, 7) is 1.21. The van der Waals surface area contributed by atoms with E-state index < -0.39 is 18.5 Å². The van der Waals surface area contributed by atoms with Crippen molar-refractivity contribution < 1.29 is 40.9 Å². The summed E-state index contributed by atoms with van der Waals surface area (Å²) in [6, 6.07) is 0. The van der Waals surface area contributed by atoms with E-state index in [2.05, 4.69) is 0 Å². The molecule has 0 atom stereocenters. The monoisotopic (exact) mass is 230 g/mol. The molecule has 0 rings (SSSR count).